The topological polar surface area (TPSA) is 106 Å². The van der Waals surface area contributed by atoms with Gasteiger partial charge in [0, 0.05) is 35.7 Å². The first kappa shape index (κ1) is 30.2. The van der Waals surface area contributed by atoms with E-state index < -0.39 is 46.6 Å². The van der Waals surface area contributed by atoms with Crippen LogP contribution in [0.5, 0.6) is 5.75 Å². The van der Waals surface area contributed by atoms with E-state index in [1.165, 1.54) is 47.5 Å². The number of hydrogen-bond acceptors (Lipinski definition) is 6. The standard InChI is InChI=1S/C28H24ClF4N5O4S/c1-37-12-17(27(39)35-21-6-18(29)7-22(10-21)36-43(2,40)41)5-24(37)26-25(9-20(31)11-34-26)42-13-16-3-19(30)8-23(4-16)38-14-28(32,33)15-38/h3-12,36H,13-15H2,1-2H3,(H,35,39). The van der Waals surface area contributed by atoms with Gasteiger partial charge in [-0.1, -0.05) is 11.6 Å². The second-order valence-corrected chi connectivity index (χ2v) is 12.3. The summed E-state index contributed by atoms with van der Waals surface area (Å²) >= 11 is 6.08. The van der Waals surface area contributed by atoms with E-state index >= 15 is 0 Å². The van der Waals surface area contributed by atoms with Crippen molar-refractivity contribution in [1.29, 1.82) is 0 Å². The fourth-order valence-corrected chi connectivity index (χ4v) is 5.32. The molecule has 5 rings (SSSR count). The number of hydrogen-bond donors (Lipinski definition) is 2. The molecule has 1 saturated heterocycles. The number of carbonyl (C=O) groups is 1. The zero-order chi connectivity index (χ0) is 31.1. The van der Waals surface area contributed by atoms with Crippen LogP contribution in [0.25, 0.3) is 11.4 Å². The summed E-state index contributed by atoms with van der Waals surface area (Å²) in [5.41, 5.74) is 1.75. The fraction of sp³-hybridized carbons (Fsp3) is 0.214. The van der Waals surface area contributed by atoms with E-state index in [4.69, 9.17) is 16.3 Å². The number of anilines is 3. The Morgan fingerprint density at radius 1 is 1.05 bits per heavy atom. The summed E-state index contributed by atoms with van der Waals surface area (Å²) in [5.74, 6) is -4.72. The number of rotatable bonds is 9. The molecule has 1 aliphatic heterocycles. The number of benzene rings is 2. The van der Waals surface area contributed by atoms with E-state index in [-0.39, 0.29) is 45.7 Å². The zero-order valence-electron chi connectivity index (χ0n) is 22.7. The summed E-state index contributed by atoms with van der Waals surface area (Å²) in [6.07, 6.45) is 3.45. The molecule has 1 amide bonds. The monoisotopic (exact) mass is 637 g/mol. The predicted octanol–water partition coefficient (Wildman–Crippen LogP) is 5.68. The SMILES string of the molecule is Cn1cc(C(=O)Nc2cc(Cl)cc(NS(C)(=O)=O)c2)cc1-c1ncc(F)cc1OCc1cc(F)cc(N2CC(F)(F)C2)c1. The van der Waals surface area contributed by atoms with Crippen LogP contribution in [0.4, 0.5) is 34.6 Å². The summed E-state index contributed by atoms with van der Waals surface area (Å²) in [5, 5.41) is 2.84. The Labute approximate surface area is 249 Å². The highest BCUT2D eigenvalue weighted by Gasteiger charge is 2.44. The zero-order valence-corrected chi connectivity index (χ0v) is 24.2. The number of sulfonamides is 1. The number of ether oxygens (including phenoxy) is 1. The minimum atomic E-state index is -3.58. The van der Waals surface area contributed by atoms with Crippen LogP contribution in [-0.4, -0.2) is 49.1 Å². The van der Waals surface area contributed by atoms with Crippen LogP contribution in [0.15, 0.2) is 60.9 Å². The van der Waals surface area contributed by atoms with Crippen LogP contribution in [0.3, 0.4) is 0 Å². The summed E-state index contributed by atoms with van der Waals surface area (Å²) in [4.78, 5) is 18.5. The third kappa shape index (κ3) is 7.38. The summed E-state index contributed by atoms with van der Waals surface area (Å²) in [7, 11) is -1.95. The van der Waals surface area contributed by atoms with Gasteiger partial charge in [0.25, 0.3) is 11.8 Å². The van der Waals surface area contributed by atoms with E-state index in [1.54, 1.807) is 11.6 Å². The Kier molecular flexibility index (Phi) is 8.01. The van der Waals surface area contributed by atoms with Crippen molar-refractivity contribution >= 4 is 44.6 Å². The quantitative estimate of drug-likeness (QED) is 0.229. The average molecular weight is 638 g/mol. The van der Waals surface area contributed by atoms with Gasteiger partial charge < -0.3 is 19.5 Å². The van der Waals surface area contributed by atoms with Gasteiger partial charge in [-0.2, -0.15) is 0 Å². The third-order valence-electron chi connectivity index (χ3n) is 6.33. The molecule has 0 aliphatic carbocycles. The molecule has 0 atom stereocenters. The molecule has 3 heterocycles. The minimum Gasteiger partial charge on any atom is -0.486 e. The maximum Gasteiger partial charge on any atom is 0.282 e. The van der Waals surface area contributed by atoms with Gasteiger partial charge in [0.1, 0.15) is 23.9 Å². The average Bonchev–Trinajstić information content (AvgIpc) is 3.25. The maximum absolute atomic E-state index is 14.3. The van der Waals surface area contributed by atoms with Crippen LogP contribution in [-0.2, 0) is 23.7 Å². The summed E-state index contributed by atoms with van der Waals surface area (Å²) in [6.45, 7) is -1.26. The lowest BCUT2D eigenvalue weighted by Gasteiger charge is -2.40. The van der Waals surface area contributed by atoms with Gasteiger partial charge in [-0.25, -0.2) is 31.0 Å². The first-order chi connectivity index (χ1) is 20.1. The molecule has 43 heavy (non-hydrogen) atoms. The van der Waals surface area contributed by atoms with Crippen molar-refractivity contribution < 1.29 is 35.5 Å². The largest absolute Gasteiger partial charge is 0.486 e. The molecule has 4 aromatic rings. The molecular weight excluding hydrogens is 614 g/mol. The molecular formula is C28H24ClF4N5O4S. The molecule has 1 fully saturated rings. The van der Waals surface area contributed by atoms with Crippen LogP contribution >= 0.6 is 11.6 Å². The fourth-order valence-electron chi connectivity index (χ4n) is 4.54. The predicted molar refractivity (Wildman–Crippen MR) is 154 cm³/mol. The first-order valence-electron chi connectivity index (χ1n) is 12.6. The Bertz CT molecular complexity index is 1830. The number of alkyl halides is 2. The highest BCUT2D eigenvalue weighted by Crippen LogP contribution is 2.34. The number of aryl methyl sites for hydroxylation is 1. The van der Waals surface area contributed by atoms with Gasteiger partial charge in [0.05, 0.1) is 42.5 Å². The van der Waals surface area contributed by atoms with E-state index in [0.29, 0.717) is 11.3 Å². The molecule has 0 bridgehead atoms. The Morgan fingerprint density at radius 3 is 2.47 bits per heavy atom. The summed E-state index contributed by atoms with van der Waals surface area (Å²) in [6, 6.07) is 10.7. The van der Waals surface area contributed by atoms with Crippen molar-refractivity contribution in [3.8, 4) is 17.1 Å². The number of halogens is 5. The lowest BCUT2D eigenvalue weighted by atomic mass is 10.1. The number of aromatic nitrogens is 2. The molecule has 2 aromatic carbocycles. The second-order valence-electron chi connectivity index (χ2n) is 10.1. The molecule has 9 nitrogen and oxygen atoms in total. The van der Waals surface area contributed by atoms with Gasteiger partial charge in [0.15, 0.2) is 5.75 Å². The molecule has 0 radical (unpaired) electrons. The van der Waals surface area contributed by atoms with Gasteiger partial charge in [0.2, 0.25) is 10.0 Å². The van der Waals surface area contributed by atoms with Crippen molar-refractivity contribution in [2.45, 2.75) is 12.5 Å². The molecule has 2 aromatic heterocycles. The number of nitrogens with one attached hydrogen (secondary N) is 2. The number of carbonyl (C=O) groups excluding carboxylic acids is 1. The van der Waals surface area contributed by atoms with Crippen LogP contribution in [0, 0.1) is 11.6 Å². The van der Waals surface area contributed by atoms with Crippen molar-refractivity contribution in [2.24, 2.45) is 7.05 Å². The molecule has 0 unspecified atom stereocenters. The third-order valence-corrected chi connectivity index (χ3v) is 7.16. The first-order valence-corrected chi connectivity index (χ1v) is 14.9. The highest BCUT2D eigenvalue weighted by atomic mass is 35.5. The van der Waals surface area contributed by atoms with Gasteiger partial charge in [-0.3, -0.25) is 9.52 Å². The van der Waals surface area contributed by atoms with E-state index in [0.717, 1.165) is 24.6 Å². The highest BCUT2D eigenvalue weighted by molar-refractivity contribution is 7.92. The van der Waals surface area contributed by atoms with Crippen molar-refractivity contribution in [1.82, 2.24) is 9.55 Å². The van der Waals surface area contributed by atoms with Crippen molar-refractivity contribution in [2.75, 3.05) is 34.3 Å². The summed E-state index contributed by atoms with van der Waals surface area (Å²) < 4.78 is 87.9. The van der Waals surface area contributed by atoms with Gasteiger partial charge in [-0.05, 0) is 48.0 Å². The van der Waals surface area contributed by atoms with E-state index in [1.807, 2.05) is 0 Å². The van der Waals surface area contributed by atoms with Crippen LogP contribution in [0.2, 0.25) is 5.02 Å². The molecule has 15 heteroatoms. The number of nitrogens with zero attached hydrogens (tertiary/aromatic N) is 3. The number of pyridine rings is 1. The number of amides is 1. The smallest absolute Gasteiger partial charge is 0.282 e. The van der Waals surface area contributed by atoms with E-state index in [2.05, 4.69) is 15.0 Å². The lowest BCUT2D eigenvalue weighted by molar-refractivity contribution is -0.0263. The molecule has 0 saturated carbocycles. The molecule has 226 valence electrons. The van der Waals surface area contributed by atoms with Crippen LogP contribution in [0.1, 0.15) is 15.9 Å². The van der Waals surface area contributed by atoms with Crippen molar-refractivity contribution in [3.05, 3.63) is 88.7 Å². The van der Waals surface area contributed by atoms with Crippen LogP contribution < -0.4 is 19.7 Å². The normalized spacial score (nSPS) is 14.3. The molecule has 2 N–H and O–H groups in total. The Morgan fingerprint density at radius 2 is 1.77 bits per heavy atom. The Balaban J connectivity index is 1.35. The van der Waals surface area contributed by atoms with Gasteiger partial charge >= 0.3 is 0 Å². The van der Waals surface area contributed by atoms with Gasteiger partial charge in [-0.15, -0.1) is 0 Å². The minimum absolute atomic E-state index is 0.000727. The van der Waals surface area contributed by atoms with E-state index in [9.17, 15) is 30.8 Å². The Hall–Kier alpha value is -4.30. The van der Waals surface area contributed by atoms with Crippen molar-refractivity contribution in [3.63, 3.8) is 0 Å². The molecule has 1 aliphatic rings. The maximum atomic E-state index is 14.3. The second kappa shape index (κ2) is 11.4. The molecule has 0 spiro atoms. The lowest BCUT2D eigenvalue weighted by Crippen LogP contribution is -2.56.